The van der Waals surface area contributed by atoms with Gasteiger partial charge in [0.05, 0.1) is 11.1 Å². The van der Waals surface area contributed by atoms with Crippen molar-refractivity contribution in [2.45, 2.75) is 6.92 Å². The molecule has 0 amide bonds. The first kappa shape index (κ1) is 12.6. The Bertz CT molecular complexity index is 826. The summed E-state index contributed by atoms with van der Waals surface area (Å²) in [5, 5.41) is 9.83. The van der Waals surface area contributed by atoms with Gasteiger partial charge < -0.3 is 10.1 Å². The highest BCUT2D eigenvalue weighted by molar-refractivity contribution is 6.31. The first-order valence-electron chi connectivity index (χ1n) is 5.91. The summed E-state index contributed by atoms with van der Waals surface area (Å²) in [7, 11) is 0. The number of aryl methyl sites for hydroxylation is 1. The number of halogens is 1. The third-order valence-electron chi connectivity index (χ3n) is 3.05. The molecule has 2 heterocycles. The van der Waals surface area contributed by atoms with Gasteiger partial charge in [0.1, 0.15) is 5.82 Å². The third kappa shape index (κ3) is 2.02. The zero-order valence-corrected chi connectivity index (χ0v) is 11.3. The van der Waals surface area contributed by atoms with E-state index in [1.54, 1.807) is 6.07 Å². The van der Waals surface area contributed by atoms with Gasteiger partial charge in [-0.05, 0) is 36.8 Å². The number of nitrogens with zero attached hydrogens (tertiary/aromatic N) is 2. The second kappa shape index (κ2) is 4.61. The van der Waals surface area contributed by atoms with E-state index in [0.29, 0.717) is 22.0 Å². The molecule has 3 aromatic rings. The quantitative estimate of drug-likeness (QED) is 0.758. The minimum atomic E-state index is -1.01. The number of hydrogen-bond donors (Lipinski definition) is 2. The number of H-pyrrole nitrogens is 1. The van der Waals surface area contributed by atoms with Gasteiger partial charge in [-0.3, -0.25) is 0 Å². The van der Waals surface area contributed by atoms with Crippen molar-refractivity contribution in [1.82, 2.24) is 15.0 Å². The summed E-state index contributed by atoms with van der Waals surface area (Å²) >= 11 is 5.99. The van der Waals surface area contributed by atoms with Gasteiger partial charge in [0.15, 0.2) is 5.65 Å². The molecule has 3 rings (SSSR count). The molecule has 0 atom stereocenters. The number of hydrogen-bond acceptors (Lipinski definition) is 3. The van der Waals surface area contributed by atoms with E-state index in [4.69, 9.17) is 16.7 Å². The molecule has 0 saturated heterocycles. The molecule has 0 aliphatic rings. The van der Waals surface area contributed by atoms with E-state index in [0.717, 1.165) is 11.1 Å². The van der Waals surface area contributed by atoms with Crippen LogP contribution in [0.15, 0.2) is 30.5 Å². The second-order valence-corrected chi connectivity index (χ2v) is 4.82. The third-order valence-corrected chi connectivity index (χ3v) is 3.48. The van der Waals surface area contributed by atoms with E-state index in [1.807, 2.05) is 19.1 Å². The molecule has 100 valence electrons. The maximum absolute atomic E-state index is 11.2. The number of carboxylic acids is 1. The Kier molecular flexibility index (Phi) is 2.91. The molecule has 1 aromatic carbocycles. The Morgan fingerprint density at radius 1 is 1.35 bits per heavy atom. The van der Waals surface area contributed by atoms with Crippen LogP contribution in [0.4, 0.5) is 0 Å². The first-order chi connectivity index (χ1) is 9.56. The van der Waals surface area contributed by atoms with Crippen LogP contribution in [-0.2, 0) is 0 Å². The van der Waals surface area contributed by atoms with Gasteiger partial charge >= 0.3 is 5.97 Å². The average molecular weight is 288 g/mol. The van der Waals surface area contributed by atoms with Crippen LogP contribution in [0.5, 0.6) is 0 Å². The first-order valence-corrected chi connectivity index (χ1v) is 6.28. The van der Waals surface area contributed by atoms with Crippen molar-refractivity contribution in [2.75, 3.05) is 0 Å². The van der Waals surface area contributed by atoms with Crippen LogP contribution in [0.3, 0.4) is 0 Å². The minimum Gasteiger partial charge on any atom is -0.478 e. The van der Waals surface area contributed by atoms with Gasteiger partial charge in [0.25, 0.3) is 0 Å². The predicted octanol–water partition coefficient (Wildman–Crippen LogP) is 3.28. The lowest BCUT2D eigenvalue weighted by Gasteiger charge is -2.00. The van der Waals surface area contributed by atoms with E-state index < -0.39 is 5.97 Å². The minimum absolute atomic E-state index is 0.152. The maximum atomic E-state index is 11.2. The largest absolute Gasteiger partial charge is 0.478 e. The Labute approximate surface area is 119 Å². The molecule has 0 aliphatic heterocycles. The highest BCUT2D eigenvalue weighted by Gasteiger charge is 2.14. The summed E-state index contributed by atoms with van der Waals surface area (Å²) < 4.78 is 0. The van der Waals surface area contributed by atoms with E-state index >= 15 is 0 Å². The van der Waals surface area contributed by atoms with Crippen LogP contribution in [0, 0.1) is 6.92 Å². The van der Waals surface area contributed by atoms with Gasteiger partial charge in [-0.2, -0.15) is 0 Å². The summed E-state index contributed by atoms with van der Waals surface area (Å²) in [6, 6.07) is 6.94. The van der Waals surface area contributed by atoms with Gasteiger partial charge in [-0.25, -0.2) is 14.8 Å². The Hall–Kier alpha value is -2.40. The maximum Gasteiger partial charge on any atom is 0.338 e. The molecule has 0 fully saturated rings. The second-order valence-electron chi connectivity index (χ2n) is 4.41. The fourth-order valence-corrected chi connectivity index (χ4v) is 2.14. The molecule has 0 spiro atoms. The van der Waals surface area contributed by atoms with Crippen molar-refractivity contribution in [3.05, 3.63) is 46.6 Å². The number of carbonyl (C=O) groups is 1. The number of aromatic nitrogens is 3. The predicted molar refractivity (Wildman–Crippen MR) is 76.0 cm³/mol. The lowest BCUT2D eigenvalue weighted by Crippen LogP contribution is -1.97. The van der Waals surface area contributed by atoms with Crippen molar-refractivity contribution in [3.63, 3.8) is 0 Å². The number of fused-ring (bicyclic) bond motifs is 1. The van der Waals surface area contributed by atoms with Crippen LogP contribution in [-0.4, -0.2) is 26.0 Å². The van der Waals surface area contributed by atoms with E-state index in [1.165, 1.54) is 12.3 Å². The van der Waals surface area contributed by atoms with Crippen molar-refractivity contribution in [2.24, 2.45) is 0 Å². The lowest BCUT2D eigenvalue weighted by molar-refractivity contribution is 0.0699. The van der Waals surface area contributed by atoms with Gasteiger partial charge in [-0.1, -0.05) is 11.6 Å². The molecule has 5 nitrogen and oxygen atoms in total. The van der Waals surface area contributed by atoms with Crippen LogP contribution in [0.25, 0.3) is 22.6 Å². The molecule has 20 heavy (non-hydrogen) atoms. The van der Waals surface area contributed by atoms with Crippen LogP contribution in [0.2, 0.25) is 5.02 Å². The molecular formula is C14H10ClN3O2. The van der Waals surface area contributed by atoms with E-state index in [9.17, 15) is 4.79 Å². The zero-order chi connectivity index (χ0) is 14.3. The molecular weight excluding hydrogens is 278 g/mol. The number of imidazole rings is 1. The number of nitrogens with one attached hydrogen (secondary N) is 1. The summed E-state index contributed by atoms with van der Waals surface area (Å²) in [5.41, 5.74) is 2.71. The Morgan fingerprint density at radius 2 is 2.15 bits per heavy atom. The van der Waals surface area contributed by atoms with Gasteiger partial charge in [0, 0.05) is 16.8 Å². The number of aromatic carboxylic acids is 1. The van der Waals surface area contributed by atoms with Crippen LogP contribution in [0.1, 0.15) is 15.9 Å². The summed E-state index contributed by atoms with van der Waals surface area (Å²) in [5.74, 6) is -0.444. The van der Waals surface area contributed by atoms with Crippen LogP contribution >= 0.6 is 11.6 Å². The van der Waals surface area contributed by atoms with Crippen molar-refractivity contribution in [3.8, 4) is 11.4 Å². The van der Waals surface area contributed by atoms with Crippen LogP contribution < -0.4 is 0 Å². The highest BCUT2D eigenvalue weighted by Crippen LogP contribution is 2.25. The highest BCUT2D eigenvalue weighted by atomic mass is 35.5. The standard InChI is InChI=1S/C14H10ClN3O2/c1-7-6-8(2-3-10(7)15)12-17-11-9(14(19)20)4-5-16-13(11)18-12/h2-6H,1H3,(H,19,20)(H,16,17,18). The zero-order valence-electron chi connectivity index (χ0n) is 10.5. The summed E-state index contributed by atoms with van der Waals surface area (Å²) in [6.07, 6.45) is 1.43. The van der Waals surface area contributed by atoms with Gasteiger partial charge in [0.2, 0.25) is 0 Å². The normalized spacial score (nSPS) is 10.9. The monoisotopic (exact) mass is 287 g/mol. The fraction of sp³-hybridized carbons (Fsp3) is 0.0714. The number of aromatic amines is 1. The molecule has 0 unspecified atom stereocenters. The van der Waals surface area contributed by atoms with Crippen molar-refractivity contribution in [1.29, 1.82) is 0 Å². The van der Waals surface area contributed by atoms with Crippen molar-refractivity contribution >= 4 is 28.7 Å². The average Bonchev–Trinajstić information content (AvgIpc) is 2.85. The molecule has 2 N–H and O–H groups in total. The molecule has 0 bridgehead atoms. The summed E-state index contributed by atoms with van der Waals surface area (Å²) in [4.78, 5) is 22.6. The smallest absolute Gasteiger partial charge is 0.338 e. The number of rotatable bonds is 2. The molecule has 0 aliphatic carbocycles. The number of benzene rings is 1. The topological polar surface area (TPSA) is 78.9 Å². The number of pyridine rings is 1. The Balaban J connectivity index is 2.20. The van der Waals surface area contributed by atoms with E-state index in [2.05, 4.69) is 15.0 Å². The van der Waals surface area contributed by atoms with E-state index in [-0.39, 0.29) is 5.56 Å². The van der Waals surface area contributed by atoms with Gasteiger partial charge in [-0.15, -0.1) is 0 Å². The molecule has 0 saturated carbocycles. The fourth-order valence-electron chi connectivity index (χ4n) is 2.02. The van der Waals surface area contributed by atoms with Crippen molar-refractivity contribution < 1.29 is 9.90 Å². The molecule has 0 radical (unpaired) electrons. The summed E-state index contributed by atoms with van der Waals surface area (Å²) in [6.45, 7) is 1.90. The molecule has 2 aromatic heterocycles. The Morgan fingerprint density at radius 3 is 2.85 bits per heavy atom. The lowest BCUT2D eigenvalue weighted by atomic mass is 10.1. The number of carboxylic acid groups (broad SMARTS) is 1. The molecule has 6 heteroatoms. The SMILES string of the molecule is Cc1cc(-c2nc3nccc(C(=O)O)c3[nH]2)ccc1Cl.